The molecular formula is C21H29NO4S. The predicted octanol–water partition coefficient (Wildman–Crippen LogP) is 3.85. The summed E-state index contributed by atoms with van der Waals surface area (Å²) in [6.07, 6.45) is 0.560. The molecule has 0 aromatic heterocycles. The number of sulfonamides is 1. The maximum absolute atomic E-state index is 12.9. The summed E-state index contributed by atoms with van der Waals surface area (Å²) in [6.45, 7) is 10.4. The van der Waals surface area contributed by atoms with Crippen molar-refractivity contribution < 1.29 is 17.9 Å². The van der Waals surface area contributed by atoms with Crippen molar-refractivity contribution in [1.29, 1.82) is 0 Å². The van der Waals surface area contributed by atoms with Gasteiger partial charge < -0.3 is 9.47 Å². The van der Waals surface area contributed by atoms with Crippen molar-refractivity contribution in [2.24, 2.45) is 0 Å². The molecule has 0 saturated heterocycles. The van der Waals surface area contributed by atoms with Crippen LogP contribution in [0.4, 0.5) is 0 Å². The fraction of sp³-hybridized carbons (Fsp3) is 0.429. The molecule has 2 aromatic carbocycles. The van der Waals surface area contributed by atoms with Crippen molar-refractivity contribution >= 4 is 10.0 Å². The van der Waals surface area contributed by atoms with Gasteiger partial charge in [-0.25, -0.2) is 13.1 Å². The highest BCUT2D eigenvalue weighted by molar-refractivity contribution is 7.89. The molecule has 6 heteroatoms. The summed E-state index contributed by atoms with van der Waals surface area (Å²) in [5, 5.41) is 0. The smallest absolute Gasteiger partial charge is 0.241 e. The Bertz CT molecular complexity index is 894. The maximum atomic E-state index is 12.9. The number of aryl methyl sites for hydroxylation is 2. The van der Waals surface area contributed by atoms with Gasteiger partial charge in [-0.1, -0.05) is 12.1 Å². The molecule has 0 amide bonds. The highest BCUT2D eigenvalue weighted by atomic mass is 32.2. The molecule has 0 spiro atoms. The van der Waals surface area contributed by atoms with E-state index in [4.69, 9.17) is 9.47 Å². The fourth-order valence-electron chi connectivity index (χ4n) is 3.13. The topological polar surface area (TPSA) is 64.6 Å². The third-order valence-electron chi connectivity index (χ3n) is 4.80. The molecule has 0 aliphatic carbocycles. The molecule has 2 aromatic rings. The van der Waals surface area contributed by atoms with Crippen molar-refractivity contribution in [3.8, 4) is 11.5 Å². The number of benzene rings is 2. The zero-order chi connectivity index (χ0) is 20.2. The van der Waals surface area contributed by atoms with Crippen molar-refractivity contribution in [3.05, 3.63) is 52.1 Å². The number of hydrogen-bond acceptors (Lipinski definition) is 4. The van der Waals surface area contributed by atoms with Crippen LogP contribution in [0.15, 0.2) is 29.2 Å². The van der Waals surface area contributed by atoms with E-state index in [0.717, 1.165) is 27.8 Å². The van der Waals surface area contributed by atoms with Crippen LogP contribution < -0.4 is 14.2 Å². The summed E-state index contributed by atoms with van der Waals surface area (Å²) in [4.78, 5) is 0.393. The minimum absolute atomic E-state index is 0.311. The van der Waals surface area contributed by atoms with Crippen LogP contribution in [0.25, 0.3) is 0 Å². The van der Waals surface area contributed by atoms with Gasteiger partial charge in [-0.3, -0.25) is 0 Å². The standard InChI is InChI=1S/C21H29NO4S/c1-7-26-19-9-8-18(13-20(19)25-6)10-11-22-27(23,24)21-16(4)14(2)12-15(3)17(21)5/h8-9,12-13,22H,7,10-11H2,1-6H3. The molecule has 148 valence electrons. The van der Waals surface area contributed by atoms with E-state index in [1.807, 2.05) is 58.9 Å². The van der Waals surface area contributed by atoms with Crippen LogP contribution in [0.5, 0.6) is 11.5 Å². The Labute approximate surface area is 162 Å². The second-order valence-electron chi connectivity index (χ2n) is 6.66. The second-order valence-corrected chi connectivity index (χ2v) is 8.36. The number of hydrogen-bond donors (Lipinski definition) is 1. The number of ether oxygens (including phenoxy) is 2. The van der Waals surface area contributed by atoms with Crippen LogP contribution in [0.2, 0.25) is 0 Å². The largest absolute Gasteiger partial charge is 0.493 e. The van der Waals surface area contributed by atoms with Gasteiger partial charge in [0.2, 0.25) is 10.0 Å². The highest BCUT2D eigenvalue weighted by Crippen LogP contribution is 2.28. The molecule has 0 heterocycles. The molecule has 0 bridgehead atoms. The highest BCUT2D eigenvalue weighted by Gasteiger charge is 2.21. The predicted molar refractivity (Wildman–Crippen MR) is 108 cm³/mol. The lowest BCUT2D eigenvalue weighted by atomic mass is 10.0. The number of nitrogens with one attached hydrogen (secondary N) is 1. The van der Waals surface area contributed by atoms with E-state index in [-0.39, 0.29) is 0 Å². The van der Waals surface area contributed by atoms with E-state index >= 15 is 0 Å². The van der Waals surface area contributed by atoms with Gasteiger partial charge in [0.05, 0.1) is 18.6 Å². The second kappa shape index (κ2) is 8.76. The Morgan fingerprint density at radius 1 is 0.963 bits per heavy atom. The van der Waals surface area contributed by atoms with Gasteiger partial charge in [-0.15, -0.1) is 0 Å². The molecule has 27 heavy (non-hydrogen) atoms. The van der Waals surface area contributed by atoms with E-state index in [0.29, 0.717) is 36.0 Å². The van der Waals surface area contributed by atoms with Crippen molar-refractivity contribution in [2.45, 2.75) is 45.9 Å². The fourth-order valence-corrected chi connectivity index (χ4v) is 4.77. The van der Waals surface area contributed by atoms with Crippen LogP contribution in [-0.4, -0.2) is 28.7 Å². The van der Waals surface area contributed by atoms with E-state index in [1.165, 1.54) is 0 Å². The molecule has 0 aliphatic heterocycles. The molecule has 0 aliphatic rings. The van der Waals surface area contributed by atoms with Crippen LogP contribution >= 0.6 is 0 Å². The first-order valence-electron chi connectivity index (χ1n) is 9.08. The minimum Gasteiger partial charge on any atom is -0.493 e. The number of rotatable bonds is 8. The van der Waals surface area contributed by atoms with Gasteiger partial charge in [0.15, 0.2) is 11.5 Å². The van der Waals surface area contributed by atoms with Gasteiger partial charge in [0, 0.05) is 6.54 Å². The van der Waals surface area contributed by atoms with E-state index in [2.05, 4.69) is 4.72 Å². The third-order valence-corrected chi connectivity index (χ3v) is 6.53. The van der Waals surface area contributed by atoms with Crippen LogP contribution in [0.1, 0.15) is 34.7 Å². The lowest BCUT2D eigenvalue weighted by Gasteiger charge is -2.16. The Hall–Kier alpha value is -2.05. The average Bonchev–Trinajstić information content (AvgIpc) is 2.61. The zero-order valence-corrected chi connectivity index (χ0v) is 17.8. The van der Waals surface area contributed by atoms with Crippen LogP contribution in [0.3, 0.4) is 0 Å². The van der Waals surface area contributed by atoms with Crippen molar-refractivity contribution in [3.63, 3.8) is 0 Å². The van der Waals surface area contributed by atoms with E-state index in [1.54, 1.807) is 7.11 Å². The van der Waals surface area contributed by atoms with Gasteiger partial charge in [0.1, 0.15) is 0 Å². The molecule has 0 atom stereocenters. The Morgan fingerprint density at radius 2 is 1.59 bits per heavy atom. The molecule has 0 radical (unpaired) electrons. The van der Waals surface area contributed by atoms with Crippen LogP contribution in [0, 0.1) is 27.7 Å². The summed E-state index contributed by atoms with van der Waals surface area (Å²) in [7, 11) is -1.98. The first-order chi connectivity index (χ1) is 12.7. The Morgan fingerprint density at radius 3 is 2.15 bits per heavy atom. The van der Waals surface area contributed by atoms with Gasteiger partial charge in [-0.2, -0.15) is 0 Å². The molecular weight excluding hydrogens is 362 g/mol. The van der Waals surface area contributed by atoms with Gasteiger partial charge in [0.25, 0.3) is 0 Å². The normalized spacial score (nSPS) is 11.5. The van der Waals surface area contributed by atoms with E-state index < -0.39 is 10.0 Å². The average molecular weight is 392 g/mol. The molecule has 0 fully saturated rings. The SMILES string of the molecule is CCOc1ccc(CCNS(=O)(=O)c2c(C)c(C)cc(C)c2C)cc1OC. The quantitative estimate of drug-likeness (QED) is 0.742. The summed E-state index contributed by atoms with van der Waals surface area (Å²) in [5.41, 5.74) is 4.54. The van der Waals surface area contributed by atoms with Gasteiger partial charge in [-0.05, 0) is 81.0 Å². The summed E-state index contributed by atoms with van der Waals surface area (Å²) in [6, 6.07) is 7.68. The lowest BCUT2D eigenvalue weighted by Crippen LogP contribution is -2.27. The van der Waals surface area contributed by atoms with Gasteiger partial charge >= 0.3 is 0 Å². The summed E-state index contributed by atoms with van der Waals surface area (Å²) >= 11 is 0. The summed E-state index contributed by atoms with van der Waals surface area (Å²) in [5.74, 6) is 1.34. The molecule has 0 unspecified atom stereocenters. The molecule has 0 saturated carbocycles. The first-order valence-corrected chi connectivity index (χ1v) is 10.6. The Balaban J connectivity index is 2.16. The van der Waals surface area contributed by atoms with Crippen molar-refractivity contribution in [1.82, 2.24) is 4.72 Å². The summed E-state index contributed by atoms with van der Waals surface area (Å²) < 4.78 is 39.3. The minimum atomic E-state index is -3.58. The molecule has 2 rings (SSSR count). The molecule has 5 nitrogen and oxygen atoms in total. The Kier molecular flexibility index (Phi) is 6.89. The third kappa shape index (κ3) is 4.82. The maximum Gasteiger partial charge on any atom is 0.241 e. The lowest BCUT2D eigenvalue weighted by molar-refractivity contribution is 0.310. The number of methoxy groups -OCH3 is 1. The van der Waals surface area contributed by atoms with Crippen molar-refractivity contribution in [2.75, 3.05) is 20.3 Å². The van der Waals surface area contributed by atoms with E-state index in [9.17, 15) is 8.42 Å². The molecule has 1 N–H and O–H groups in total. The first kappa shape index (κ1) is 21.3. The monoisotopic (exact) mass is 391 g/mol. The zero-order valence-electron chi connectivity index (χ0n) is 17.0. The van der Waals surface area contributed by atoms with Crippen LogP contribution in [-0.2, 0) is 16.4 Å².